The molecule has 8 heteroatoms. The van der Waals surface area contributed by atoms with Crippen molar-refractivity contribution in [2.45, 2.75) is 12.3 Å². The molecule has 0 aliphatic carbocycles. The summed E-state index contributed by atoms with van der Waals surface area (Å²) < 4.78 is 6.67. The van der Waals surface area contributed by atoms with E-state index in [1.54, 1.807) is 0 Å². The molecule has 3 fully saturated rings. The molecule has 36 heavy (non-hydrogen) atoms. The van der Waals surface area contributed by atoms with Crippen LogP contribution in [0.5, 0.6) is 0 Å². The molecular formula is C28H35N7O. The van der Waals surface area contributed by atoms with Gasteiger partial charge in [-0.15, -0.1) is 0 Å². The average Bonchev–Trinajstić information content (AvgIpc) is 2.98. The number of benzene rings is 2. The number of para-hydroxylation sites is 2. The Hall–Kier alpha value is -3.04. The van der Waals surface area contributed by atoms with Gasteiger partial charge in [-0.05, 0) is 30.3 Å². The van der Waals surface area contributed by atoms with Crippen LogP contribution in [0.4, 0.5) is 11.4 Å². The zero-order valence-corrected chi connectivity index (χ0v) is 20.8. The number of anilines is 2. The van der Waals surface area contributed by atoms with Crippen molar-refractivity contribution in [3.8, 4) is 0 Å². The van der Waals surface area contributed by atoms with Crippen molar-refractivity contribution >= 4 is 11.4 Å². The molecule has 0 bridgehead atoms. The predicted molar refractivity (Wildman–Crippen MR) is 142 cm³/mol. The summed E-state index contributed by atoms with van der Waals surface area (Å²) in [4.78, 5) is 16.6. The lowest BCUT2D eigenvalue weighted by Crippen LogP contribution is -2.62. The summed E-state index contributed by atoms with van der Waals surface area (Å²) in [5.74, 6) is 0.776. The van der Waals surface area contributed by atoms with E-state index in [4.69, 9.17) is 4.74 Å². The Balaban J connectivity index is 1.13. The van der Waals surface area contributed by atoms with E-state index < -0.39 is 0 Å². The first kappa shape index (κ1) is 23.4. The smallest absolute Gasteiger partial charge is 0.158 e. The number of piperazine rings is 2. The molecule has 1 aromatic heterocycles. The van der Waals surface area contributed by atoms with Crippen molar-refractivity contribution in [2.75, 3.05) is 75.2 Å². The van der Waals surface area contributed by atoms with E-state index in [2.05, 4.69) is 95.3 Å². The molecule has 188 valence electrons. The van der Waals surface area contributed by atoms with Gasteiger partial charge in [-0.3, -0.25) is 4.90 Å². The number of rotatable bonds is 5. The summed E-state index contributed by atoms with van der Waals surface area (Å²) in [7, 11) is 0. The fourth-order valence-electron chi connectivity index (χ4n) is 5.56. The van der Waals surface area contributed by atoms with Crippen molar-refractivity contribution in [3.05, 3.63) is 84.9 Å². The first-order valence-electron chi connectivity index (χ1n) is 13.1. The van der Waals surface area contributed by atoms with Crippen LogP contribution in [-0.4, -0.2) is 96.6 Å². The summed E-state index contributed by atoms with van der Waals surface area (Å²) in [6, 6.07) is 23.3. The molecule has 0 N–H and O–H groups in total. The van der Waals surface area contributed by atoms with Gasteiger partial charge < -0.3 is 14.5 Å². The van der Waals surface area contributed by atoms with Gasteiger partial charge in [0.25, 0.3) is 0 Å². The van der Waals surface area contributed by atoms with E-state index in [1.165, 1.54) is 11.4 Å². The zero-order chi connectivity index (χ0) is 24.2. The molecule has 0 radical (unpaired) electrons. The van der Waals surface area contributed by atoms with Crippen molar-refractivity contribution in [1.82, 2.24) is 24.9 Å². The van der Waals surface area contributed by atoms with Gasteiger partial charge in [0.1, 0.15) is 12.3 Å². The first-order chi connectivity index (χ1) is 17.8. The second-order valence-corrected chi connectivity index (χ2v) is 9.69. The third kappa shape index (κ3) is 5.22. The normalized spacial score (nSPS) is 24.7. The Labute approximate surface area is 213 Å². The molecule has 8 nitrogen and oxygen atoms in total. The maximum absolute atomic E-state index is 6.67. The number of hydrogen-bond donors (Lipinski definition) is 0. The molecule has 3 aliphatic rings. The quantitative estimate of drug-likeness (QED) is 0.547. The van der Waals surface area contributed by atoms with E-state index in [-0.39, 0.29) is 12.3 Å². The Morgan fingerprint density at radius 1 is 0.583 bits per heavy atom. The largest absolute Gasteiger partial charge is 0.369 e. The summed E-state index contributed by atoms with van der Waals surface area (Å²) in [6.07, 6.45) is 3.52. The summed E-state index contributed by atoms with van der Waals surface area (Å²) >= 11 is 0. The number of morpholine rings is 1. The number of hydrazine groups is 1. The lowest BCUT2D eigenvalue weighted by atomic mass is 10.2. The minimum absolute atomic E-state index is 0.0256. The van der Waals surface area contributed by atoms with Crippen LogP contribution in [0.25, 0.3) is 0 Å². The minimum Gasteiger partial charge on any atom is -0.369 e. The van der Waals surface area contributed by atoms with Crippen molar-refractivity contribution in [1.29, 1.82) is 0 Å². The molecule has 4 heterocycles. The Morgan fingerprint density at radius 3 is 1.72 bits per heavy atom. The highest BCUT2D eigenvalue weighted by Gasteiger charge is 2.37. The minimum atomic E-state index is -0.135. The van der Waals surface area contributed by atoms with Gasteiger partial charge in [0.2, 0.25) is 0 Å². The lowest BCUT2D eigenvalue weighted by molar-refractivity contribution is -0.205. The molecule has 0 saturated carbocycles. The summed E-state index contributed by atoms with van der Waals surface area (Å²) in [6.45, 7) is 9.70. The van der Waals surface area contributed by atoms with Gasteiger partial charge in [-0.1, -0.05) is 36.4 Å². The average molecular weight is 486 g/mol. The third-order valence-electron chi connectivity index (χ3n) is 7.56. The number of aromatic nitrogens is 2. The van der Waals surface area contributed by atoms with Gasteiger partial charge in [-0.25, -0.2) is 20.0 Å². The topological polar surface area (TPSA) is 51.2 Å². The van der Waals surface area contributed by atoms with Gasteiger partial charge >= 0.3 is 0 Å². The molecule has 3 saturated heterocycles. The Morgan fingerprint density at radius 2 is 1.14 bits per heavy atom. The predicted octanol–water partition coefficient (Wildman–Crippen LogP) is 2.74. The number of ether oxygens (including phenoxy) is 1. The molecule has 2 aromatic carbocycles. The second kappa shape index (κ2) is 10.9. The van der Waals surface area contributed by atoms with Crippen molar-refractivity contribution < 1.29 is 4.74 Å². The van der Waals surface area contributed by atoms with Crippen LogP contribution in [0.2, 0.25) is 0 Å². The van der Waals surface area contributed by atoms with Crippen LogP contribution in [-0.2, 0) is 4.74 Å². The maximum atomic E-state index is 6.67. The molecule has 3 aliphatic heterocycles. The standard InChI is InChI=1S/C28H35N7O/c1-3-8-24(9-4-1)31-14-16-33(17-15-31)27-23-35(22-26(36-27)28-29-12-7-13-30-28)34-20-18-32(19-21-34)25-10-5-2-6-11-25/h1-13,26-27H,14-23H2. The highest BCUT2D eigenvalue weighted by Crippen LogP contribution is 2.28. The maximum Gasteiger partial charge on any atom is 0.158 e. The van der Waals surface area contributed by atoms with Crippen molar-refractivity contribution in [3.63, 3.8) is 0 Å². The SMILES string of the molecule is c1ccc(N2CCN(C3CN(N4CCN(c5ccccc5)CC4)CC(c4ncccn4)O3)CC2)cc1. The highest BCUT2D eigenvalue weighted by molar-refractivity contribution is 5.47. The molecule has 3 aromatic rings. The van der Waals surface area contributed by atoms with E-state index in [1.807, 2.05) is 18.5 Å². The fourth-order valence-corrected chi connectivity index (χ4v) is 5.56. The third-order valence-corrected chi connectivity index (χ3v) is 7.56. The molecule has 6 rings (SSSR count). The van der Waals surface area contributed by atoms with E-state index >= 15 is 0 Å². The summed E-state index contributed by atoms with van der Waals surface area (Å²) in [5, 5.41) is 5.02. The number of nitrogens with zero attached hydrogens (tertiary/aromatic N) is 7. The van der Waals surface area contributed by atoms with Crippen LogP contribution >= 0.6 is 0 Å². The monoisotopic (exact) mass is 485 g/mol. The first-order valence-corrected chi connectivity index (χ1v) is 13.1. The van der Waals surface area contributed by atoms with Gasteiger partial charge in [0, 0.05) is 82.7 Å². The summed E-state index contributed by atoms with van der Waals surface area (Å²) in [5.41, 5.74) is 2.61. The van der Waals surface area contributed by atoms with E-state index in [0.717, 1.165) is 71.3 Å². The molecular weight excluding hydrogens is 450 g/mol. The van der Waals surface area contributed by atoms with Crippen LogP contribution < -0.4 is 9.80 Å². The van der Waals surface area contributed by atoms with Crippen LogP contribution in [0.1, 0.15) is 11.9 Å². The van der Waals surface area contributed by atoms with Gasteiger partial charge in [0.05, 0.1) is 6.54 Å². The second-order valence-electron chi connectivity index (χ2n) is 9.69. The van der Waals surface area contributed by atoms with Crippen LogP contribution in [0.3, 0.4) is 0 Å². The van der Waals surface area contributed by atoms with Gasteiger partial charge in [0.15, 0.2) is 5.82 Å². The molecule has 2 unspecified atom stereocenters. The van der Waals surface area contributed by atoms with Gasteiger partial charge in [-0.2, -0.15) is 0 Å². The van der Waals surface area contributed by atoms with E-state index in [0.29, 0.717) is 0 Å². The van der Waals surface area contributed by atoms with E-state index in [9.17, 15) is 0 Å². The van der Waals surface area contributed by atoms with Crippen molar-refractivity contribution in [2.24, 2.45) is 0 Å². The van der Waals surface area contributed by atoms with Crippen LogP contribution in [0, 0.1) is 0 Å². The lowest BCUT2D eigenvalue weighted by Gasteiger charge is -2.49. The fraction of sp³-hybridized carbons (Fsp3) is 0.429. The highest BCUT2D eigenvalue weighted by atomic mass is 16.5. The Kier molecular flexibility index (Phi) is 7.09. The Bertz CT molecular complexity index is 1000. The number of hydrogen-bond acceptors (Lipinski definition) is 8. The molecule has 0 spiro atoms. The van der Waals surface area contributed by atoms with Crippen LogP contribution in [0.15, 0.2) is 79.1 Å². The zero-order valence-electron chi connectivity index (χ0n) is 20.8. The molecule has 0 amide bonds. The molecule has 2 atom stereocenters.